The summed E-state index contributed by atoms with van der Waals surface area (Å²) in [5, 5.41) is 10.8. The molecule has 1 atom stereocenters. The molecule has 25 heavy (non-hydrogen) atoms. The highest BCUT2D eigenvalue weighted by Crippen LogP contribution is 2.31. The molecule has 2 aromatic heterocycles. The Morgan fingerprint density at radius 1 is 1.32 bits per heavy atom. The van der Waals surface area contributed by atoms with Crippen LogP contribution in [-0.2, 0) is 4.74 Å². The Morgan fingerprint density at radius 3 is 2.92 bits per heavy atom. The van der Waals surface area contributed by atoms with E-state index in [2.05, 4.69) is 20.1 Å². The van der Waals surface area contributed by atoms with Crippen LogP contribution >= 0.6 is 11.3 Å². The van der Waals surface area contributed by atoms with Crippen LogP contribution in [0.4, 0.5) is 0 Å². The molecule has 5 heterocycles. The zero-order valence-electron chi connectivity index (χ0n) is 13.6. The van der Waals surface area contributed by atoms with Gasteiger partial charge >= 0.3 is 5.97 Å². The Morgan fingerprint density at radius 2 is 2.20 bits per heavy atom. The highest BCUT2D eigenvalue weighted by Gasteiger charge is 2.37. The van der Waals surface area contributed by atoms with Gasteiger partial charge in [0, 0.05) is 29.1 Å². The summed E-state index contributed by atoms with van der Waals surface area (Å²) in [5.74, 6) is 0.159. The number of ether oxygens (including phenoxy) is 1. The van der Waals surface area contributed by atoms with Crippen molar-refractivity contribution in [2.45, 2.75) is 18.9 Å². The maximum Gasteiger partial charge on any atom is 0.359 e. The lowest BCUT2D eigenvalue weighted by Crippen LogP contribution is -2.51. The van der Waals surface area contributed by atoms with Crippen molar-refractivity contribution in [1.82, 2.24) is 20.1 Å². The lowest BCUT2D eigenvalue weighted by Gasteiger charge is -2.43. The minimum absolute atomic E-state index is 0.0103. The number of rotatable bonds is 3. The molecule has 0 spiro atoms. The van der Waals surface area contributed by atoms with Crippen molar-refractivity contribution in [2.24, 2.45) is 5.92 Å². The molecule has 0 aliphatic carbocycles. The molecule has 7 heteroatoms. The van der Waals surface area contributed by atoms with Gasteiger partial charge in [-0.15, -0.1) is 11.3 Å². The van der Waals surface area contributed by atoms with Gasteiger partial charge in [-0.2, -0.15) is 5.10 Å². The molecule has 1 aromatic carbocycles. The van der Waals surface area contributed by atoms with E-state index in [-0.39, 0.29) is 12.1 Å². The molecular formula is C18H18N4O2S. The lowest BCUT2D eigenvalue weighted by atomic mass is 9.86. The van der Waals surface area contributed by atoms with E-state index < -0.39 is 0 Å². The van der Waals surface area contributed by atoms with Gasteiger partial charge in [-0.05, 0) is 50.0 Å². The van der Waals surface area contributed by atoms with Crippen LogP contribution in [0, 0.1) is 5.92 Å². The molecule has 3 aliphatic rings. The Kier molecular flexibility index (Phi) is 3.57. The number of H-pyrrole nitrogens is 1. The zero-order valence-corrected chi connectivity index (χ0v) is 14.5. The number of piperidine rings is 3. The van der Waals surface area contributed by atoms with E-state index in [1.165, 1.54) is 0 Å². The van der Waals surface area contributed by atoms with E-state index in [1.807, 2.05) is 23.6 Å². The molecule has 3 aromatic rings. The molecular weight excluding hydrogens is 336 g/mol. The van der Waals surface area contributed by atoms with Gasteiger partial charge in [-0.3, -0.25) is 10.00 Å². The molecule has 128 valence electrons. The first-order valence-electron chi connectivity index (χ1n) is 8.59. The number of nitrogens with one attached hydrogen (secondary N) is 1. The average molecular weight is 354 g/mol. The SMILES string of the molecule is O=C(O[C@@H]1CN2CCC1CC2)c1n[nH]c2ccc(-c3nccs3)cc12. The van der Waals surface area contributed by atoms with Crippen molar-refractivity contribution >= 4 is 28.2 Å². The molecule has 6 nitrogen and oxygen atoms in total. The van der Waals surface area contributed by atoms with E-state index in [9.17, 15) is 4.79 Å². The minimum atomic E-state index is -0.332. The summed E-state index contributed by atoms with van der Waals surface area (Å²) in [4.78, 5) is 19.4. The van der Waals surface area contributed by atoms with Gasteiger partial charge in [0.2, 0.25) is 0 Å². The standard InChI is InChI=1S/C18H18N4O2S/c23-18(24-15-10-22-6-3-11(15)4-7-22)16-13-9-12(17-19-5-8-25-17)1-2-14(13)20-21-16/h1-2,5,8-9,11,15H,3-4,6-7,10H2,(H,20,21)/t15-/m1/s1. The molecule has 6 rings (SSSR count). The van der Waals surface area contributed by atoms with Crippen molar-refractivity contribution in [2.75, 3.05) is 19.6 Å². The van der Waals surface area contributed by atoms with Crippen LogP contribution in [0.1, 0.15) is 23.3 Å². The first-order chi connectivity index (χ1) is 12.3. The molecule has 3 aliphatic heterocycles. The Hall–Kier alpha value is -2.25. The van der Waals surface area contributed by atoms with E-state index in [0.717, 1.165) is 53.9 Å². The van der Waals surface area contributed by atoms with Gasteiger partial charge in [0.1, 0.15) is 11.1 Å². The fourth-order valence-corrected chi connectivity index (χ4v) is 4.54. The maximum absolute atomic E-state index is 12.7. The predicted molar refractivity (Wildman–Crippen MR) is 95.6 cm³/mol. The van der Waals surface area contributed by atoms with Gasteiger partial charge in [0.25, 0.3) is 0 Å². The second-order valence-corrected chi connectivity index (χ2v) is 7.65. The zero-order chi connectivity index (χ0) is 16.8. The molecule has 2 bridgehead atoms. The van der Waals surface area contributed by atoms with Crippen molar-refractivity contribution in [3.63, 3.8) is 0 Å². The Balaban J connectivity index is 1.44. The summed E-state index contributed by atoms with van der Waals surface area (Å²) in [7, 11) is 0. The van der Waals surface area contributed by atoms with Crippen LogP contribution in [0.25, 0.3) is 21.5 Å². The van der Waals surface area contributed by atoms with Gasteiger partial charge in [-0.1, -0.05) is 0 Å². The van der Waals surface area contributed by atoms with Crippen molar-refractivity contribution in [1.29, 1.82) is 0 Å². The van der Waals surface area contributed by atoms with E-state index in [1.54, 1.807) is 17.5 Å². The number of hydrogen-bond donors (Lipinski definition) is 1. The Labute approximate surface area is 148 Å². The van der Waals surface area contributed by atoms with Gasteiger partial charge in [0.05, 0.1) is 5.52 Å². The number of carbonyl (C=O) groups excluding carboxylic acids is 1. The molecule has 0 unspecified atom stereocenters. The molecule has 0 saturated carbocycles. The number of aromatic amines is 1. The molecule has 1 N–H and O–H groups in total. The smallest absolute Gasteiger partial charge is 0.359 e. The summed E-state index contributed by atoms with van der Waals surface area (Å²) < 4.78 is 5.83. The van der Waals surface area contributed by atoms with Crippen LogP contribution < -0.4 is 0 Å². The molecule has 3 saturated heterocycles. The molecule has 0 amide bonds. The summed E-state index contributed by atoms with van der Waals surface area (Å²) in [5.41, 5.74) is 2.19. The van der Waals surface area contributed by atoms with Crippen molar-refractivity contribution < 1.29 is 9.53 Å². The Bertz CT molecular complexity index is 912. The topological polar surface area (TPSA) is 71.1 Å². The summed E-state index contributed by atoms with van der Waals surface area (Å²) in [6.07, 6.45) is 4.01. The van der Waals surface area contributed by atoms with Crippen molar-refractivity contribution in [3.8, 4) is 10.6 Å². The van der Waals surface area contributed by atoms with Crippen molar-refractivity contribution in [3.05, 3.63) is 35.5 Å². The number of aromatic nitrogens is 3. The largest absolute Gasteiger partial charge is 0.456 e. The number of nitrogens with zero attached hydrogens (tertiary/aromatic N) is 3. The number of esters is 1. The second kappa shape index (κ2) is 5.93. The number of fused-ring (bicyclic) bond motifs is 4. The first kappa shape index (κ1) is 15.0. The molecule has 0 radical (unpaired) electrons. The monoisotopic (exact) mass is 354 g/mol. The quantitative estimate of drug-likeness (QED) is 0.732. The third-order valence-corrected chi connectivity index (χ3v) is 6.11. The second-order valence-electron chi connectivity index (χ2n) is 6.75. The minimum Gasteiger partial charge on any atom is -0.456 e. The van der Waals surface area contributed by atoms with Crippen LogP contribution in [0.5, 0.6) is 0 Å². The highest BCUT2D eigenvalue weighted by molar-refractivity contribution is 7.13. The number of benzene rings is 1. The molecule has 3 fully saturated rings. The van der Waals surface area contributed by atoms with E-state index in [0.29, 0.717) is 11.6 Å². The van der Waals surface area contributed by atoms with Gasteiger partial charge < -0.3 is 4.74 Å². The number of thiazole rings is 1. The highest BCUT2D eigenvalue weighted by atomic mass is 32.1. The average Bonchev–Trinajstić information content (AvgIpc) is 3.32. The predicted octanol–water partition coefficient (Wildman–Crippen LogP) is 2.94. The number of hydrogen-bond acceptors (Lipinski definition) is 6. The van der Waals surface area contributed by atoms with Crippen LogP contribution in [0.15, 0.2) is 29.8 Å². The van der Waals surface area contributed by atoms with Gasteiger partial charge in [-0.25, -0.2) is 9.78 Å². The number of carbonyl (C=O) groups is 1. The third kappa shape index (κ3) is 2.63. The third-order valence-electron chi connectivity index (χ3n) is 5.29. The van der Waals surface area contributed by atoms with E-state index >= 15 is 0 Å². The van der Waals surface area contributed by atoms with Crippen LogP contribution in [0.3, 0.4) is 0 Å². The normalized spacial score (nSPS) is 25.4. The summed E-state index contributed by atoms with van der Waals surface area (Å²) in [6.45, 7) is 3.10. The fourth-order valence-electron chi connectivity index (χ4n) is 3.91. The fraction of sp³-hybridized carbons (Fsp3) is 0.389. The first-order valence-corrected chi connectivity index (χ1v) is 9.47. The summed E-state index contributed by atoms with van der Waals surface area (Å²) in [6, 6.07) is 5.89. The van der Waals surface area contributed by atoms with Crippen LogP contribution in [-0.4, -0.2) is 51.8 Å². The van der Waals surface area contributed by atoms with Crippen LogP contribution in [0.2, 0.25) is 0 Å². The van der Waals surface area contributed by atoms with E-state index in [4.69, 9.17) is 4.74 Å². The lowest BCUT2D eigenvalue weighted by molar-refractivity contribution is -0.0458. The maximum atomic E-state index is 12.7. The van der Waals surface area contributed by atoms with Gasteiger partial charge in [0.15, 0.2) is 5.69 Å². The summed E-state index contributed by atoms with van der Waals surface area (Å²) >= 11 is 1.57.